The van der Waals surface area contributed by atoms with Gasteiger partial charge in [-0.15, -0.1) is 5.10 Å². The van der Waals surface area contributed by atoms with Crippen molar-refractivity contribution < 1.29 is 4.42 Å². The lowest BCUT2D eigenvalue weighted by Crippen LogP contribution is -2.24. The quantitative estimate of drug-likeness (QED) is 0.778. The molecule has 2 N–H and O–H groups in total. The van der Waals surface area contributed by atoms with Crippen LogP contribution in [0.3, 0.4) is 0 Å². The van der Waals surface area contributed by atoms with Crippen LogP contribution in [0.25, 0.3) is 0 Å². The molecule has 0 aromatic carbocycles. The van der Waals surface area contributed by atoms with E-state index in [4.69, 9.17) is 4.42 Å². The minimum absolute atomic E-state index is 0.0853. The topological polar surface area (TPSA) is 63.0 Å². The fourth-order valence-electron chi connectivity index (χ4n) is 1.49. The summed E-state index contributed by atoms with van der Waals surface area (Å²) in [5, 5.41) is 14.3. The lowest BCUT2D eigenvalue weighted by atomic mass is 10.0. The van der Waals surface area contributed by atoms with Crippen LogP contribution in [0.4, 0.5) is 6.01 Å². The van der Waals surface area contributed by atoms with Gasteiger partial charge in [-0.1, -0.05) is 25.9 Å². The van der Waals surface area contributed by atoms with Crippen molar-refractivity contribution in [2.24, 2.45) is 5.92 Å². The molecule has 0 aliphatic rings. The molecule has 0 aliphatic heterocycles. The summed E-state index contributed by atoms with van der Waals surface area (Å²) in [5.74, 6) is 1.16. The Bertz CT molecular complexity index is 311. The standard InChI is InChI=1S/C11H22N4O/c1-6-9(7(2)3)13-11-15-14-10(16-11)8(4)12-5/h7-9,12H,6H2,1-5H3,(H,13,15). The number of nitrogens with one attached hydrogen (secondary N) is 2. The van der Waals surface area contributed by atoms with Gasteiger partial charge in [0.1, 0.15) is 0 Å². The molecular weight excluding hydrogens is 204 g/mol. The lowest BCUT2D eigenvalue weighted by Gasteiger charge is -2.18. The zero-order chi connectivity index (χ0) is 12.1. The van der Waals surface area contributed by atoms with Gasteiger partial charge < -0.3 is 15.1 Å². The maximum Gasteiger partial charge on any atom is 0.315 e. The SMILES string of the molecule is CCC(Nc1nnc(C(C)NC)o1)C(C)C. The van der Waals surface area contributed by atoms with E-state index < -0.39 is 0 Å². The molecule has 5 heteroatoms. The van der Waals surface area contributed by atoms with Crippen molar-refractivity contribution in [3.8, 4) is 0 Å². The number of anilines is 1. The van der Waals surface area contributed by atoms with Crippen LogP contribution < -0.4 is 10.6 Å². The molecule has 0 bridgehead atoms. The number of hydrogen-bond acceptors (Lipinski definition) is 5. The Morgan fingerprint density at radius 3 is 2.44 bits per heavy atom. The van der Waals surface area contributed by atoms with E-state index in [1.807, 2.05) is 14.0 Å². The van der Waals surface area contributed by atoms with Crippen LogP contribution in [0.2, 0.25) is 0 Å². The van der Waals surface area contributed by atoms with Gasteiger partial charge in [0.25, 0.3) is 0 Å². The van der Waals surface area contributed by atoms with E-state index in [1.165, 1.54) is 0 Å². The third-order valence-electron chi connectivity index (χ3n) is 2.80. The Morgan fingerprint density at radius 1 is 1.25 bits per heavy atom. The maximum atomic E-state index is 5.52. The van der Waals surface area contributed by atoms with Gasteiger partial charge in [0.05, 0.1) is 6.04 Å². The summed E-state index contributed by atoms with van der Waals surface area (Å²) in [5.41, 5.74) is 0. The highest BCUT2D eigenvalue weighted by atomic mass is 16.4. The fraction of sp³-hybridized carbons (Fsp3) is 0.818. The molecule has 5 nitrogen and oxygen atoms in total. The first-order chi connectivity index (χ1) is 7.58. The van der Waals surface area contributed by atoms with Crippen LogP contribution in [-0.2, 0) is 0 Å². The van der Waals surface area contributed by atoms with Crippen molar-refractivity contribution in [2.75, 3.05) is 12.4 Å². The molecule has 0 fully saturated rings. The van der Waals surface area contributed by atoms with Crippen molar-refractivity contribution in [2.45, 2.75) is 46.2 Å². The smallest absolute Gasteiger partial charge is 0.315 e. The molecule has 16 heavy (non-hydrogen) atoms. The molecule has 0 amide bonds. The minimum Gasteiger partial charge on any atom is -0.406 e. The normalized spacial score (nSPS) is 15.1. The average Bonchev–Trinajstić information content (AvgIpc) is 2.72. The molecule has 0 radical (unpaired) electrons. The van der Waals surface area contributed by atoms with E-state index in [9.17, 15) is 0 Å². The Morgan fingerprint density at radius 2 is 1.94 bits per heavy atom. The molecule has 1 aromatic rings. The van der Waals surface area contributed by atoms with Gasteiger partial charge in [0, 0.05) is 6.04 Å². The number of rotatable bonds is 6. The van der Waals surface area contributed by atoms with Gasteiger partial charge in [-0.25, -0.2) is 0 Å². The Hall–Kier alpha value is -1.10. The second-order valence-corrected chi connectivity index (χ2v) is 4.36. The van der Waals surface area contributed by atoms with Crippen LogP contribution in [0.15, 0.2) is 4.42 Å². The van der Waals surface area contributed by atoms with Crippen LogP contribution in [0, 0.1) is 5.92 Å². The first kappa shape index (κ1) is 13.0. The predicted molar refractivity (Wildman–Crippen MR) is 64.3 cm³/mol. The monoisotopic (exact) mass is 226 g/mol. The van der Waals surface area contributed by atoms with Crippen molar-refractivity contribution in [3.05, 3.63) is 5.89 Å². The van der Waals surface area contributed by atoms with E-state index in [0.717, 1.165) is 6.42 Å². The molecular formula is C11H22N4O. The fourth-order valence-corrected chi connectivity index (χ4v) is 1.49. The van der Waals surface area contributed by atoms with Gasteiger partial charge in [0.2, 0.25) is 5.89 Å². The van der Waals surface area contributed by atoms with E-state index >= 15 is 0 Å². The number of nitrogens with zero attached hydrogens (tertiary/aromatic N) is 2. The third kappa shape index (κ3) is 3.20. The first-order valence-electron chi connectivity index (χ1n) is 5.85. The van der Waals surface area contributed by atoms with E-state index in [0.29, 0.717) is 23.9 Å². The summed E-state index contributed by atoms with van der Waals surface area (Å²) < 4.78 is 5.52. The highest BCUT2D eigenvalue weighted by Gasteiger charge is 2.16. The molecule has 1 aromatic heterocycles. The van der Waals surface area contributed by atoms with Crippen molar-refractivity contribution >= 4 is 6.01 Å². The van der Waals surface area contributed by atoms with Crippen molar-refractivity contribution in [1.29, 1.82) is 0 Å². The van der Waals surface area contributed by atoms with E-state index in [-0.39, 0.29) is 6.04 Å². The molecule has 0 saturated heterocycles. The van der Waals surface area contributed by atoms with Gasteiger partial charge in [-0.2, -0.15) is 0 Å². The molecule has 0 saturated carbocycles. The Kier molecular flexibility index (Phi) is 4.73. The molecule has 92 valence electrons. The predicted octanol–water partition coefficient (Wildman–Crippen LogP) is 2.20. The lowest BCUT2D eigenvalue weighted by molar-refractivity contribution is 0.427. The summed E-state index contributed by atoms with van der Waals surface area (Å²) in [7, 11) is 1.87. The zero-order valence-corrected chi connectivity index (χ0v) is 10.7. The Labute approximate surface area is 97.0 Å². The van der Waals surface area contributed by atoms with Crippen LogP contribution in [0.1, 0.15) is 46.0 Å². The minimum atomic E-state index is 0.0853. The second kappa shape index (κ2) is 5.84. The number of hydrogen-bond donors (Lipinski definition) is 2. The highest BCUT2D eigenvalue weighted by Crippen LogP contribution is 2.16. The second-order valence-electron chi connectivity index (χ2n) is 4.36. The Balaban J connectivity index is 2.64. The third-order valence-corrected chi connectivity index (χ3v) is 2.80. The molecule has 2 unspecified atom stereocenters. The summed E-state index contributed by atoms with van der Waals surface area (Å²) in [4.78, 5) is 0. The largest absolute Gasteiger partial charge is 0.406 e. The van der Waals surface area contributed by atoms with Gasteiger partial charge in [0.15, 0.2) is 0 Å². The molecule has 0 spiro atoms. The summed E-state index contributed by atoms with van der Waals surface area (Å²) in [6, 6.07) is 0.970. The summed E-state index contributed by atoms with van der Waals surface area (Å²) in [6.07, 6.45) is 1.04. The van der Waals surface area contributed by atoms with Gasteiger partial charge in [-0.3, -0.25) is 0 Å². The highest BCUT2D eigenvalue weighted by molar-refractivity contribution is 5.20. The molecule has 0 aliphatic carbocycles. The van der Waals surface area contributed by atoms with E-state index in [1.54, 1.807) is 0 Å². The molecule has 1 heterocycles. The van der Waals surface area contributed by atoms with Crippen molar-refractivity contribution in [3.63, 3.8) is 0 Å². The van der Waals surface area contributed by atoms with Gasteiger partial charge in [-0.05, 0) is 26.3 Å². The first-order valence-corrected chi connectivity index (χ1v) is 5.85. The summed E-state index contributed by atoms with van der Waals surface area (Å²) in [6.45, 7) is 8.48. The van der Waals surface area contributed by atoms with E-state index in [2.05, 4.69) is 41.6 Å². The molecule has 1 rings (SSSR count). The van der Waals surface area contributed by atoms with Gasteiger partial charge >= 0.3 is 6.01 Å². The average molecular weight is 226 g/mol. The van der Waals surface area contributed by atoms with Crippen molar-refractivity contribution in [1.82, 2.24) is 15.5 Å². The maximum absolute atomic E-state index is 5.52. The molecule has 2 atom stereocenters. The zero-order valence-electron chi connectivity index (χ0n) is 10.7. The van der Waals surface area contributed by atoms with Crippen LogP contribution in [0.5, 0.6) is 0 Å². The van der Waals surface area contributed by atoms with Crippen LogP contribution >= 0.6 is 0 Å². The summed E-state index contributed by atoms with van der Waals surface area (Å²) >= 11 is 0. The van der Waals surface area contributed by atoms with Crippen LogP contribution in [-0.4, -0.2) is 23.3 Å². The number of aromatic nitrogens is 2.